The van der Waals surface area contributed by atoms with Gasteiger partial charge in [0.25, 0.3) is 5.91 Å². The van der Waals surface area contributed by atoms with Gasteiger partial charge in [-0.25, -0.2) is 4.98 Å². The number of hydrogen-bond donors (Lipinski definition) is 3. The number of amides is 1. The van der Waals surface area contributed by atoms with Gasteiger partial charge in [-0.15, -0.1) is 0 Å². The van der Waals surface area contributed by atoms with Gasteiger partial charge in [0.05, 0.1) is 16.1 Å². The number of carbonyl (C=O) groups is 1. The van der Waals surface area contributed by atoms with E-state index in [0.29, 0.717) is 28.0 Å². The van der Waals surface area contributed by atoms with Gasteiger partial charge in [-0.1, -0.05) is 41.4 Å². The van der Waals surface area contributed by atoms with Crippen molar-refractivity contribution in [3.63, 3.8) is 0 Å². The molecule has 0 bridgehead atoms. The molecule has 3 N–H and O–H groups in total. The highest BCUT2D eigenvalue weighted by Gasteiger charge is 2.14. The molecule has 0 aliphatic rings. The van der Waals surface area contributed by atoms with Crippen LogP contribution in [0.3, 0.4) is 0 Å². The average Bonchev–Trinajstić information content (AvgIpc) is 3.18. The number of nitrogens with zero attached hydrogens (tertiary/aromatic N) is 2. The molecule has 32 heavy (non-hydrogen) atoms. The Kier molecular flexibility index (Phi) is 6.84. The Hall–Kier alpha value is -2.80. The Bertz CT molecular complexity index is 1270. The Labute approximate surface area is 196 Å². The largest absolute Gasteiger partial charge is 0.370 e. The number of anilines is 1. The van der Waals surface area contributed by atoms with Crippen LogP contribution in [0.5, 0.6) is 0 Å². The number of rotatable bonds is 8. The van der Waals surface area contributed by atoms with E-state index >= 15 is 0 Å². The van der Waals surface area contributed by atoms with Crippen LogP contribution in [0.2, 0.25) is 10.0 Å². The molecular formula is C24H25Cl2N5O. The van der Waals surface area contributed by atoms with E-state index < -0.39 is 0 Å². The molecule has 0 saturated heterocycles. The van der Waals surface area contributed by atoms with Gasteiger partial charge >= 0.3 is 0 Å². The SMILES string of the molecule is CN(C)C(=O)c1cc(NCCCNCc2cc3c(Cl)cc(Cl)cc3[nH]2)nc2ccccc12. The molecule has 0 fully saturated rings. The molecule has 0 aliphatic carbocycles. The summed E-state index contributed by atoms with van der Waals surface area (Å²) in [6, 6.07) is 15.2. The molecule has 1 amide bonds. The Balaban J connectivity index is 1.32. The molecule has 4 aromatic rings. The molecule has 4 rings (SSSR count). The fourth-order valence-corrected chi connectivity index (χ4v) is 4.20. The lowest BCUT2D eigenvalue weighted by Gasteiger charge is -2.14. The van der Waals surface area contributed by atoms with Crippen LogP contribution in [-0.2, 0) is 6.54 Å². The maximum atomic E-state index is 12.6. The summed E-state index contributed by atoms with van der Waals surface area (Å²) in [6.07, 6.45) is 0.901. The lowest BCUT2D eigenvalue weighted by Crippen LogP contribution is -2.22. The smallest absolute Gasteiger partial charge is 0.254 e. The van der Waals surface area contributed by atoms with Gasteiger partial charge in [0.2, 0.25) is 0 Å². The molecule has 0 radical (unpaired) electrons. The van der Waals surface area contributed by atoms with Crippen LogP contribution in [0.25, 0.3) is 21.8 Å². The van der Waals surface area contributed by atoms with Crippen molar-refractivity contribution in [3.05, 3.63) is 69.8 Å². The van der Waals surface area contributed by atoms with E-state index in [1.165, 1.54) is 0 Å². The minimum Gasteiger partial charge on any atom is -0.370 e. The third kappa shape index (κ3) is 4.99. The van der Waals surface area contributed by atoms with Crippen molar-refractivity contribution in [3.8, 4) is 0 Å². The van der Waals surface area contributed by atoms with Crippen LogP contribution in [-0.4, -0.2) is 48.0 Å². The first-order valence-corrected chi connectivity index (χ1v) is 11.2. The van der Waals surface area contributed by atoms with E-state index in [4.69, 9.17) is 23.2 Å². The second kappa shape index (κ2) is 9.77. The van der Waals surface area contributed by atoms with Crippen LogP contribution in [0, 0.1) is 0 Å². The number of halogens is 2. The van der Waals surface area contributed by atoms with Crippen LogP contribution in [0.1, 0.15) is 22.5 Å². The van der Waals surface area contributed by atoms with Gasteiger partial charge in [-0.2, -0.15) is 0 Å². The van der Waals surface area contributed by atoms with E-state index in [9.17, 15) is 4.79 Å². The van der Waals surface area contributed by atoms with Gasteiger partial charge in [-0.05, 0) is 43.3 Å². The number of pyridine rings is 1. The summed E-state index contributed by atoms with van der Waals surface area (Å²) >= 11 is 12.3. The van der Waals surface area contributed by atoms with Crippen molar-refractivity contribution in [1.82, 2.24) is 20.2 Å². The lowest BCUT2D eigenvalue weighted by molar-refractivity contribution is 0.0829. The van der Waals surface area contributed by atoms with Crippen molar-refractivity contribution in [1.29, 1.82) is 0 Å². The number of aromatic nitrogens is 2. The topological polar surface area (TPSA) is 73.1 Å². The number of aromatic amines is 1. The maximum absolute atomic E-state index is 12.6. The van der Waals surface area contributed by atoms with Gasteiger partial charge in [0.1, 0.15) is 5.82 Å². The monoisotopic (exact) mass is 469 g/mol. The predicted molar refractivity (Wildman–Crippen MR) is 133 cm³/mol. The predicted octanol–water partition coefficient (Wildman–Crippen LogP) is 5.32. The molecule has 2 aromatic heterocycles. The zero-order valence-corrected chi connectivity index (χ0v) is 19.5. The second-order valence-electron chi connectivity index (χ2n) is 7.87. The average molecular weight is 470 g/mol. The van der Waals surface area contributed by atoms with E-state index in [1.54, 1.807) is 25.1 Å². The highest BCUT2D eigenvalue weighted by molar-refractivity contribution is 6.38. The van der Waals surface area contributed by atoms with Gasteiger partial charge in [0, 0.05) is 54.2 Å². The van der Waals surface area contributed by atoms with E-state index in [-0.39, 0.29) is 5.91 Å². The van der Waals surface area contributed by atoms with Gasteiger partial charge in [-0.3, -0.25) is 4.79 Å². The molecule has 2 heterocycles. The van der Waals surface area contributed by atoms with Crippen molar-refractivity contribution in [2.75, 3.05) is 32.5 Å². The summed E-state index contributed by atoms with van der Waals surface area (Å²) in [5, 5.41) is 9.87. The Morgan fingerprint density at radius 2 is 1.88 bits per heavy atom. The number of para-hydroxylation sites is 1. The van der Waals surface area contributed by atoms with E-state index in [0.717, 1.165) is 47.0 Å². The maximum Gasteiger partial charge on any atom is 0.254 e. The number of benzene rings is 2. The first-order chi connectivity index (χ1) is 15.4. The number of nitrogens with one attached hydrogen (secondary N) is 3. The van der Waals surface area contributed by atoms with Crippen LogP contribution in [0.15, 0.2) is 48.5 Å². The third-order valence-electron chi connectivity index (χ3n) is 5.21. The molecular weight excluding hydrogens is 445 g/mol. The van der Waals surface area contributed by atoms with Gasteiger partial charge in [0.15, 0.2) is 0 Å². The molecule has 0 spiro atoms. The molecule has 0 atom stereocenters. The summed E-state index contributed by atoms with van der Waals surface area (Å²) in [5.74, 6) is 0.670. The third-order valence-corrected chi connectivity index (χ3v) is 5.74. The lowest BCUT2D eigenvalue weighted by atomic mass is 10.1. The fraction of sp³-hybridized carbons (Fsp3) is 0.250. The Morgan fingerprint density at radius 1 is 1.06 bits per heavy atom. The number of fused-ring (bicyclic) bond motifs is 2. The van der Waals surface area contributed by atoms with Crippen LogP contribution in [0.4, 0.5) is 5.82 Å². The zero-order chi connectivity index (χ0) is 22.7. The van der Waals surface area contributed by atoms with Gasteiger partial charge < -0.3 is 20.5 Å². The zero-order valence-electron chi connectivity index (χ0n) is 18.0. The summed E-state index contributed by atoms with van der Waals surface area (Å²) in [5.41, 5.74) is 3.45. The standard InChI is InChI=1S/C24H25Cl2N5O/c1-31(2)24(32)18-13-23(30-21-7-4-3-6-17(18)21)28-9-5-8-27-14-16-12-19-20(26)10-15(25)11-22(19)29-16/h3-4,6-7,10-13,27,29H,5,8-9,14H2,1-2H3,(H,28,30). The van der Waals surface area contributed by atoms with Crippen LogP contribution >= 0.6 is 23.2 Å². The van der Waals surface area contributed by atoms with Crippen molar-refractivity contribution < 1.29 is 4.79 Å². The highest BCUT2D eigenvalue weighted by Crippen LogP contribution is 2.28. The Morgan fingerprint density at radius 3 is 2.69 bits per heavy atom. The minimum atomic E-state index is -0.0342. The molecule has 2 aromatic carbocycles. The quantitative estimate of drug-likeness (QED) is 0.305. The normalized spacial score (nSPS) is 11.2. The second-order valence-corrected chi connectivity index (χ2v) is 8.72. The first kappa shape index (κ1) is 22.4. The van der Waals surface area contributed by atoms with Crippen molar-refractivity contribution in [2.45, 2.75) is 13.0 Å². The molecule has 166 valence electrons. The number of carbonyl (C=O) groups excluding carboxylic acids is 1. The van der Waals surface area contributed by atoms with E-state index in [2.05, 4.69) is 20.6 Å². The summed E-state index contributed by atoms with van der Waals surface area (Å²) in [6.45, 7) is 2.27. The highest BCUT2D eigenvalue weighted by atomic mass is 35.5. The molecule has 8 heteroatoms. The summed E-state index contributed by atoms with van der Waals surface area (Å²) in [4.78, 5) is 22.2. The van der Waals surface area contributed by atoms with Crippen LogP contribution < -0.4 is 10.6 Å². The summed E-state index contributed by atoms with van der Waals surface area (Å²) < 4.78 is 0. The number of hydrogen-bond acceptors (Lipinski definition) is 4. The fourth-order valence-electron chi connectivity index (χ4n) is 3.65. The summed E-state index contributed by atoms with van der Waals surface area (Å²) in [7, 11) is 3.51. The molecule has 0 unspecified atom stereocenters. The number of H-pyrrole nitrogens is 1. The van der Waals surface area contributed by atoms with E-state index in [1.807, 2.05) is 42.5 Å². The molecule has 0 aliphatic heterocycles. The molecule has 0 saturated carbocycles. The minimum absolute atomic E-state index is 0.0342. The molecule has 6 nitrogen and oxygen atoms in total. The van der Waals surface area contributed by atoms with Crippen molar-refractivity contribution in [2.24, 2.45) is 0 Å². The first-order valence-electron chi connectivity index (χ1n) is 10.4. The van der Waals surface area contributed by atoms with Crippen molar-refractivity contribution >= 4 is 56.7 Å².